The van der Waals surface area contributed by atoms with E-state index < -0.39 is 97.5 Å². The number of esters is 4. The number of rotatable bonds is 59. The van der Waals surface area contributed by atoms with Gasteiger partial charge in [0, 0.05) is 25.7 Å². The monoisotopic (exact) mass is 1200 g/mol. The fourth-order valence-electron chi connectivity index (χ4n) is 9.01. The second-order valence-corrected chi connectivity index (χ2v) is 26.8. The van der Waals surface area contributed by atoms with Crippen molar-refractivity contribution in [3.05, 3.63) is 0 Å². The number of ether oxygens (including phenoxy) is 4. The molecule has 0 saturated heterocycles. The number of hydrogen-bond acceptors (Lipinski definition) is 15. The van der Waals surface area contributed by atoms with Crippen molar-refractivity contribution in [2.45, 2.75) is 311 Å². The Morgan fingerprint density at radius 3 is 0.877 bits per heavy atom. The maximum atomic E-state index is 12.9. The zero-order valence-electron chi connectivity index (χ0n) is 52.4. The SMILES string of the molecule is CCC(C)CCCCCCCCC(=O)OC[C@H](COP(=O)(O)OC[C@H](O)COP(=O)(O)OC[C@@H](COC(=O)CCCCCCCCC(C)C)OC(=O)CCCCCCCCC(C)CC)OC(=O)CCCCCCCCCCCC(C)C. The lowest BCUT2D eigenvalue weighted by molar-refractivity contribution is -0.161. The second-order valence-electron chi connectivity index (χ2n) is 23.9. The number of phosphoric acid groups is 2. The van der Waals surface area contributed by atoms with E-state index in [9.17, 15) is 43.2 Å². The molecule has 0 fully saturated rings. The molecule has 7 atom stereocenters. The Hall–Kier alpha value is -1.94. The van der Waals surface area contributed by atoms with Crippen molar-refractivity contribution >= 4 is 39.5 Å². The van der Waals surface area contributed by atoms with Gasteiger partial charge >= 0.3 is 39.5 Å². The van der Waals surface area contributed by atoms with Gasteiger partial charge in [0.05, 0.1) is 26.4 Å². The van der Waals surface area contributed by atoms with Gasteiger partial charge in [0.2, 0.25) is 0 Å². The van der Waals surface area contributed by atoms with Crippen LogP contribution in [0.4, 0.5) is 0 Å². The zero-order chi connectivity index (χ0) is 60.4. The molecule has 4 unspecified atom stereocenters. The molecule has 0 amide bonds. The van der Waals surface area contributed by atoms with Crippen molar-refractivity contribution in [2.24, 2.45) is 23.7 Å². The molecular weight excluding hydrogens is 1080 g/mol. The van der Waals surface area contributed by atoms with Crippen molar-refractivity contribution in [1.82, 2.24) is 0 Å². The minimum atomic E-state index is -4.94. The summed E-state index contributed by atoms with van der Waals surface area (Å²) in [6.07, 6.45) is 30.9. The summed E-state index contributed by atoms with van der Waals surface area (Å²) in [5, 5.41) is 10.5. The molecule has 0 spiro atoms. The van der Waals surface area contributed by atoms with Crippen molar-refractivity contribution in [1.29, 1.82) is 0 Å². The predicted octanol–water partition coefficient (Wildman–Crippen LogP) is 16.6. The van der Waals surface area contributed by atoms with E-state index in [2.05, 4.69) is 55.4 Å². The topological polar surface area (TPSA) is 237 Å². The molecule has 0 aliphatic rings. The van der Waals surface area contributed by atoms with Crippen LogP contribution in [0.1, 0.15) is 293 Å². The summed E-state index contributed by atoms with van der Waals surface area (Å²) in [6.45, 7) is 13.9. The Morgan fingerprint density at radius 1 is 0.346 bits per heavy atom. The van der Waals surface area contributed by atoms with E-state index in [4.69, 9.17) is 37.0 Å². The maximum absolute atomic E-state index is 12.9. The summed E-state index contributed by atoms with van der Waals surface area (Å²) in [7, 11) is -9.89. The molecule has 0 aliphatic heterocycles. The van der Waals surface area contributed by atoms with E-state index in [0.29, 0.717) is 31.6 Å². The molecular formula is C62H120O17P2. The summed E-state index contributed by atoms with van der Waals surface area (Å²) in [4.78, 5) is 72.1. The number of aliphatic hydroxyl groups excluding tert-OH is 1. The third-order valence-electron chi connectivity index (χ3n) is 14.8. The Labute approximate surface area is 492 Å². The summed E-state index contributed by atoms with van der Waals surface area (Å²) in [5.74, 6) is 0.720. The minimum absolute atomic E-state index is 0.101. The number of carbonyl (C=O) groups excluding carboxylic acids is 4. The molecule has 17 nitrogen and oxygen atoms in total. The van der Waals surface area contributed by atoms with Gasteiger partial charge in [-0.3, -0.25) is 37.3 Å². The van der Waals surface area contributed by atoms with Gasteiger partial charge in [-0.1, -0.05) is 242 Å². The van der Waals surface area contributed by atoms with Crippen LogP contribution in [0.2, 0.25) is 0 Å². The van der Waals surface area contributed by atoms with Crippen LogP contribution >= 0.6 is 15.6 Å². The highest BCUT2D eigenvalue weighted by Gasteiger charge is 2.30. The molecule has 0 bridgehead atoms. The van der Waals surface area contributed by atoms with Crippen LogP contribution in [0, 0.1) is 23.7 Å². The van der Waals surface area contributed by atoms with Crippen LogP contribution in [0.25, 0.3) is 0 Å². The fourth-order valence-corrected chi connectivity index (χ4v) is 10.6. The first-order chi connectivity index (χ1) is 38.7. The van der Waals surface area contributed by atoms with Crippen LogP contribution in [0.3, 0.4) is 0 Å². The number of unbranched alkanes of at least 4 members (excludes halogenated alkanes) is 23. The average molecular weight is 1200 g/mol. The molecule has 480 valence electrons. The van der Waals surface area contributed by atoms with Gasteiger partial charge in [-0.05, 0) is 49.4 Å². The van der Waals surface area contributed by atoms with Crippen LogP contribution in [-0.4, -0.2) is 96.7 Å². The Balaban J connectivity index is 5.26. The summed E-state index contributed by atoms with van der Waals surface area (Å²) < 4.78 is 67.9. The third-order valence-corrected chi connectivity index (χ3v) is 16.7. The molecule has 0 heterocycles. The van der Waals surface area contributed by atoms with Gasteiger partial charge in [0.15, 0.2) is 12.2 Å². The maximum Gasteiger partial charge on any atom is 0.472 e. The van der Waals surface area contributed by atoms with Crippen molar-refractivity contribution in [2.75, 3.05) is 39.6 Å². The van der Waals surface area contributed by atoms with Gasteiger partial charge in [0.25, 0.3) is 0 Å². The molecule has 0 rings (SSSR count). The minimum Gasteiger partial charge on any atom is -0.462 e. The lowest BCUT2D eigenvalue weighted by atomic mass is 10.00. The molecule has 81 heavy (non-hydrogen) atoms. The van der Waals surface area contributed by atoms with Crippen molar-refractivity contribution in [3.63, 3.8) is 0 Å². The van der Waals surface area contributed by atoms with Crippen molar-refractivity contribution < 1.29 is 80.2 Å². The summed E-state index contributed by atoms with van der Waals surface area (Å²) in [5.41, 5.74) is 0. The Bertz CT molecular complexity index is 1630. The Morgan fingerprint density at radius 2 is 0.593 bits per heavy atom. The lowest BCUT2D eigenvalue weighted by Crippen LogP contribution is -2.30. The van der Waals surface area contributed by atoms with Crippen LogP contribution < -0.4 is 0 Å². The summed E-state index contributed by atoms with van der Waals surface area (Å²) in [6, 6.07) is 0. The van der Waals surface area contributed by atoms with E-state index in [1.165, 1.54) is 83.5 Å². The highest BCUT2D eigenvalue weighted by atomic mass is 31.2. The highest BCUT2D eigenvalue weighted by Crippen LogP contribution is 2.45. The van der Waals surface area contributed by atoms with Crippen molar-refractivity contribution in [3.8, 4) is 0 Å². The summed E-state index contributed by atoms with van der Waals surface area (Å²) >= 11 is 0. The molecule has 3 N–H and O–H groups in total. The molecule has 0 aromatic rings. The lowest BCUT2D eigenvalue weighted by Gasteiger charge is -2.21. The largest absolute Gasteiger partial charge is 0.472 e. The number of phosphoric ester groups is 2. The van der Waals surface area contributed by atoms with Gasteiger partial charge < -0.3 is 33.8 Å². The van der Waals surface area contributed by atoms with E-state index in [1.807, 2.05) is 0 Å². The molecule has 19 heteroatoms. The average Bonchev–Trinajstić information content (AvgIpc) is 3.42. The van der Waals surface area contributed by atoms with E-state index in [-0.39, 0.29) is 25.7 Å². The zero-order valence-corrected chi connectivity index (χ0v) is 54.2. The van der Waals surface area contributed by atoms with Crippen LogP contribution in [-0.2, 0) is 65.4 Å². The Kier molecular flexibility index (Phi) is 51.1. The highest BCUT2D eigenvalue weighted by molar-refractivity contribution is 7.47. The van der Waals surface area contributed by atoms with Crippen LogP contribution in [0.5, 0.6) is 0 Å². The molecule has 0 aliphatic carbocycles. The first-order valence-electron chi connectivity index (χ1n) is 32.3. The second kappa shape index (κ2) is 52.4. The predicted molar refractivity (Wildman–Crippen MR) is 321 cm³/mol. The standard InChI is InChI=1S/C62H120O17P2/c1-9-54(7)40-32-24-17-20-27-35-43-60(65)73-48-57(78-61(66)44-36-28-15-13-11-12-14-22-30-38-52(3)4)50-76-80(68,69)74-46-56(63)47-75-81(70,71)77-51-58(49-72-59(64)42-34-26-19-16-23-31-39-53(5)6)79-62(67)45-37-29-21-18-25-33-41-55(8)10-2/h52-58,63H,9-51H2,1-8H3,(H,68,69)(H,70,71)/t54?,55?,56-,57+,58+/m0/s1. The smallest absolute Gasteiger partial charge is 0.462 e. The van der Waals surface area contributed by atoms with Crippen LogP contribution in [0.15, 0.2) is 0 Å². The van der Waals surface area contributed by atoms with Gasteiger partial charge in [-0.15, -0.1) is 0 Å². The third kappa shape index (κ3) is 54.5. The van der Waals surface area contributed by atoms with E-state index in [1.54, 1.807) is 0 Å². The molecule has 0 radical (unpaired) electrons. The molecule has 0 saturated carbocycles. The van der Waals surface area contributed by atoms with E-state index in [0.717, 1.165) is 120 Å². The fraction of sp³-hybridized carbons (Fsp3) is 0.935. The quantitative estimate of drug-likeness (QED) is 0.0222. The normalized spacial score (nSPS) is 15.2. The molecule has 0 aromatic carbocycles. The van der Waals surface area contributed by atoms with Gasteiger partial charge in [-0.2, -0.15) is 0 Å². The number of hydrogen-bond donors (Lipinski definition) is 3. The first-order valence-corrected chi connectivity index (χ1v) is 35.3. The first kappa shape index (κ1) is 79.1. The van der Waals surface area contributed by atoms with E-state index >= 15 is 0 Å². The number of carbonyl (C=O) groups is 4. The molecule has 0 aromatic heterocycles. The van der Waals surface area contributed by atoms with Gasteiger partial charge in [0.1, 0.15) is 19.3 Å². The van der Waals surface area contributed by atoms with Gasteiger partial charge in [-0.25, -0.2) is 9.13 Å². The number of aliphatic hydroxyl groups is 1.